The Morgan fingerprint density at radius 2 is 2.00 bits per heavy atom. The molecule has 2 aromatic heterocycles. The third-order valence-electron chi connectivity index (χ3n) is 4.79. The van der Waals surface area contributed by atoms with Gasteiger partial charge in [-0.15, -0.1) is 0 Å². The summed E-state index contributed by atoms with van der Waals surface area (Å²) in [6, 6.07) is 11.1. The van der Waals surface area contributed by atoms with Gasteiger partial charge in [0.2, 0.25) is 0 Å². The van der Waals surface area contributed by atoms with Crippen molar-refractivity contribution in [3.05, 3.63) is 54.1 Å². The second-order valence-electron chi connectivity index (χ2n) is 6.10. The first-order valence-electron chi connectivity index (χ1n) is 7.97. The molecular formula is C17H20N4S. The molecule has 0 unspecified atom stereocenters. The number of hydrogen-bond acceptors (Lipinski definition) is 2. The summed E-state index contributed by atoms with van der Waals surface area (Å²) >= 11 is 5.68. The fourth-order valence-electron chi connectivity index (χ4n) is 3.80. The molecule has 1 saturated carbocycles. The summed E-state index contributed by atoms with van der Waals surface area (Å²) in [7, 11) is 0. The molecule has 0 bridgehead atoms. The second kappa shape index (κ2) is 5.72. The lowest BCUT2D eigenvalue weighted by molar-refractivity contribution is 0.242. The van der Waals surface area contributed by atoms with Crippen LogP contribution in [0, 0.1) is 0 Å². The molecule has 2 atom stereocenters. The van der Waals surface area contributed by atoms with Gasteiger partial charge in [0, 0.05) is 24.1 Å². The highest BCUT2D eigenvalue weighted by atomic mass is 32.1. The van der Waals surface area contributed by atoms with Gasteiger partial charge in [0.1, 0.15) is 0 Å². The Morgan fingerprint density at radius 1 is 1.14 bits per heavy atom. The van der Waals surface area contributed by atoms with Crippen molar-refractivity contribution in [1.82, 2.24) is 20.2 Å². The predicted molar refractivity (Wildman–Crippen MR) is 90.3 cm³/mol. The Morgan fingerprint density at radius 3 is 2.68 bits per heavy atom. The molecule has 4 rings (SSSR count). The van der Waals surface area contributed by atoms with Crippen molar-refractivity contribution in [2.45, 2.75) is 43.8 Å². The molecule has 22 heavy (non-hydrogen) atoms. The van der Waals surface area contributed by atoms with Crippen LogP contribution < -0.4 is 5.32 Å². The first-order valence-corrected chi connectivity index (χ1v) is 8.38. The van der Waals surface area contributed by atoms with Gasteiger partial charge in [-0.25, -0.2) is 0 Å². The van der Waals surface area contributed by atoms with Crippen molar-refractivity contribution in [1.29, 1.82) is 0 Å². The van der Waals surface area contributed by atoms with Crippen molar-refractivity contribution in [3.63, 3.8) is 0 Å². The van der Waals surface area contributed by atoms with Crippen LogP contribution in [0.2, 0.25) is 0 Å². The van der Waals surface area contributed by atoms with Crippen LogP contribution in [-0.4, -0.2) is 26.0 Å². The monoisotopic (exact) mass is 312 g/mol. The topological polar surface area (TPSA) is 44.0 Å². The number of pyridine rings is 1. The van der Waals surface area contributed by atoms with E-state index in [4.69, 9.17) is 12.2 Å². The van der Waals surface area contributed by atoms with E-state index >= 15 is 0 Å². The molecule has 2 aliphatic rings. The lowest BCUT2D eigenvalue weighted by Gasteiger charge is -2.32. The molecule has 0 aromatic carbocycles. The van der Waals surface area contributed by atoms with Gasteiger partial charge in [0.25, 0.3) is 0 Å². The van der Waals surface area contributed by atoms with Crippen LogP contribution in [0.5, 0.6) is 0 Å². The van der Waals surface area contributed by atoms with Crippen LogP contribution in [0.15, 0.2) is 42.7 Å². The Bertz CT molecular complexity index is 634. The fraction of sp³-hybridized carbons (Fsp3) is 0.412. The van der Waals surface area contributed by atoms with Gasteiger partial charge in [-0.2, -0.15) is 0 Å². The first kappa shape index (κ1) is 13.8. The number of hydrogen-bond donors (Lipinski definition) is 2. The maximum absolute atomic E-state index is 5.68. The number of aromatic nitrogens is 2. The van der Waals surface area contributed by atoms with Gasteiger partial charge >= 0.3 is 0 Å². The maximum atomic E-state index is 5.68. The van der Waals surface area contributed by atoms with E-state index in [1.807, 2.05) is 24.5 Å². The summed E-state index contributed by atoms with van der Waals surface area (Å²) in [6.07, 6.45) is 8.90. The molecule has 114 valence electrons. The zero-order chi connectivity index (χ0) is 14.9. The summed E-state index contributed by atoms with van der Waals surface area (Å²) in [5.74, 6) is 0. The number of nitrogens with zero attached hydrogens (tertiary/aromatic N) is 2. The predicted octanol–water partition coefficient (Wildman–Crippen LogP) is 3.32. The standard InChI is InChI=1S/C17H20N4S/c22-17-20-15(13-8-3-4-10-18-13)16(14-9-5-11-19-14)21(17)12-6-1-2-7-12/h3-5,8-12,15-16,19H,1-2,6-7H2,(H,20,22)/t15-,16-/m1/s1. The van der Waals surface area contributed by atoms with Gasteiger partial charge in [-0.3, -0.25) is 4.98 Å². The molecule has 1 saturated heterocycles. The molecule has 2 fully saturated rings. The van der Waals surface area contributed by atoms with E-state index in [-0.39, 0.29) is 12.1 Å². The molecule has 0 radical (unpaired) electrons. The fourth-order valence-corrected chi connectivity index (χ4v) is 4.19. The number of aromatic amines is 1. The molecule has 1 aliphatic heterocycles. The van der Waals surface area contributed by atoms with E-state index in [1.54, 1.807) is 0 Å². The Balaban J connectivity index is 1.74. The van der Waals surface area contributed by atoms with E-state index in [2.05, 4.69) is 38.4 Å². The highest BCUT2D eigenvalue weighted by Gasteiger charge is 2.43. The van der Waals surface area contributed by atoms with E-state index in [0.29, 0.717) is 6.04 Å². The summed E-state index contributed by atoms with van der Waals surface area (Å²) < 4.78 is 0. The van der Waals surface area contributed by atoms with E-state index < -0.39 is 0 Å². The Kier molecular flexibility index (Phi) is 3.58. The minimum absolute atomic E-state index is 0.105. The minimum atomic E-state index is 0.105. The lowest BCUT2D eigenvalue weighted by atomic mass is 10.00. The quantitative estimate of drug-likeness (QED) is 0.853. The van der Waals surface area contributed by atoms with Crippen molar-refractivity contribution >= 4 is 17.3 Å². The first-order chi connectivity index (χ1) is 10.8. The van der Waals surface area contributed by atoms with Gasteiger partial charge in [-0.05, 0) is 49.3 Å². The van der Waals surface area contributed by atoms with Gasteiger partial charge < -0.3 is 15.2 Å². The molecule has 3 heterocycles. The number of H-pyrrole nitrogens is 1. The second-order valence-corrected chi connectivity index (χ2v) is 6.48. The molecule has 0 amide bonds. The van der Waals surface area contributed by atoms with E-state index in [1.165, 1.54) is 31.4 Å². The minimum Gasteiger partial charge on any atom is -0.363 e. The normalized spacial score (nSPS) is 25.6. The van der Waals surface area contributed by atoms with E-state index in [9.17, 15) is 0 Å². The van der Waals surface area contributed by atoms with Crippen LogP contribution in [0.25, 0.3) is 0 Å². The summed E-state index contributed by atoms with van der Waals surface area (Å²) in [6.45, 7) is 0. The number of rotatable bonds is 3. The van der Waals surface area contributed by atoms with Crippen LogP contribution in [0.4, 0.5) is 0 Å². The summed E-state index contributed by atoms with van der Waals surface area (Å²) in [4.78, 5) is 10.3. The highest BCUT2D eigenvalue weighted by molar-refractivity contribution is 7.80. The SMILES string of the molecule is S=C1N[C@H](c2ccccn2)[C@@H](c2ccc[nH]2)N1C1CCCC1. The largest absolute Gasteiger partial charge is 0.363 e. The average molecular weight is 312 g/mol. The number of thiocarbonyl (C=S) groups is 1. The molecule has 4 nitrogen and oxygen atoms in total. The van der Waals surface area contributed by atoms with Crippen LogP contribution in [0.3, 0.4) is 0 Å². The molecule has 2 aromatic rings. The van der Waals surface area contributed by atoms with E-state index in [0.717, 1.165) is 10.8 Å². The summed E-state index contributed by atoms with van der Waals surface area (Å²) in [5.41, 5.74) is 2.25. The van der Waals surface area contributed by atoms with Crippen molar-refractivity contribution in [2.75, 3.05) is 0 Å². The molecule has 5 heteroatoms. The van der Waals surface area contributed by atoms with Gasteiger partial charge in [0.15, 0.2) is 5.11 Å². The Labute approximate surface area is 135 Å². The zero-order valence-corrected chi connectivity index (χ0v) is 13.2. The number of nitrogens with one attached hydrogen (secondary N) is 2. The van der Waals surface area contributed by atoms with Crippen LogP contribution >= 0.6 is 12.2 Å². The smallest absolute Gasteiger partial charge is 0.170 e. The van der Waals surface area contributed by atoms with Crippen LogP contribution in [-0.2, 0) is 0 Å². The Hall–Kier alpha value is -1.88. The van der Waals surface area contributed by atoms with Crippen molar-refractivity contribution in [2.24, 2.45) is 0 Å². The van der Waals surface area contributed by atoms with Gasteiger partial charge in [-0.1, -0.05) is 18.9 Å². The molecule has 1 aliphatic carbocycles. The molecule has 2 N–H and O–H groups in total. The molecule has 0 spiro atoms. The van der Waals surface area contributed by atoms with Crippen molar-refractivity contribution in [3.8, 4) is 0 Å². The zero-order valence-electron chi connectivity index (χ0n) is 12.4. The lowest BCUT2D eigenvalue weighted by Crippen LogP contribution is -2.37. The molecular weight excluding hydrogens is 292 g/mol. The highest BCUT2D eigenvalue weighted by Crippen LogP contribution is 2.41. The average Bonchev–Trinajstić information content (AvgIpc) is 3.28. The third-order valence-corrected chi connectivity index (χ3v) is 5.12. The van der Waals surface area contributed by atoms with Crippen LogP contribution in [0.1, 0.15) is 49.2 Å². The summed E-state index contributed by atoms with van der Waals surface area (Å²) in [5, 5.41) is 4.37. The third kappa shape index (κ3) is 2.29. The van der Waals surface area contributed by atoms with Gasteiger partial charge in [0.05, 0.1) is 17.8 Å². The maximum Gasteiger partial charge on any atom is 0.170 e. The van der Waals surface area contributed by atoms with Crippen molar-refractivity contribution < 1.29 is 0 Å².